The minimum atomic E-state index is -0.679. The fourth-order valence-corrected chi connectivity index (χ4v) is 4.65. The third kappa shape index (κ3) is 5.17. The lowest BCUT2D eigenvalue weighted by Gasteiger charge is -2.41. The number of amides is 3. The molecule has 1 aromatic carbocycles. The maximum atomic E-state index is 14.6. The summed E-state index contributed by atoms with van der Waals surface area (Å²) in [4.78, 5) is 31.1. The quantitative estimate of drug-likeness (QED) is 0.475. The molecule has 3 amide bonds. The van der Waals surface area contributed by atoms with Gasteiger partial charge in [-0.2, -0.15) is 10.2 Å². The maximum absolute atomic E-state index is 14.6. The first-order valence-corrected chi connectivity index (χ1v) is 12.4. The highest BCUT2D eigenvalue weighted by Crippen LogP contribution is 2.31. The number of hydrogen-bond acceptors (Lipinski definition) is 7. The van der Waals surface area contributed by atoms with Crippen LogP contribution in [0.4, 0.5) is 13.6 Å². The predicted octanol–water partition coefficient (Wildman–Crippen LogP) is 2.50. The second kappa shape index (κ2) is 10.8. The van der Waals surface area contributed by atoms with E-state index in [-0.39, 0.29) is 55.6 Å². The monoisotopic (exact) mass is 539 g/mol. The van der Waals surface area contributed by atoms with Gasteiger partial charge in [-0.05, 0) is 31.5 Å². The molecule has 4 heterocycles. The summed E-state index contributed by atoms with van der Waals surface area (Å²) in [6.07, 6.45) is 2.65. The summed E-state index contributed by atoms with van der Waals surface area (Å²) in [5.41, 5.74) is 1.93. The smallest absolute Gasteiger partial charge is 0.341 e. The molecule has 1 saturated heterocycles. The van der Waals surface area contributed by atoms with Crippen molar-refractivity contribution in [1.82, 2.24) is 30.0 Å². The number of likely N-dealkylation sites (tertiary alicyclic amines) is 1. The molecule has 0 radical (unpaired) electrons. The van der Waals surface area contributed by atoms with E-state index in [1.165, 1.54) is 32.8 Å². The Morgan fingerprint density at radius 3 is 2.74 bits per heavy atom. The van der Waals surface area contributed by atoms with Gasteiger partial charge >= 0.3 is 6.03 Å². The van der Waals surface area contributed by atoms with Crippen LogP contribution in [-0.4, -0.2) is 80.3 Å². The Kier molecular flexibility index (Phi) is 7.24. The van der Waals surface area contributed by atoms with Gasteiger partial charge in [0.15, 0.2) is 17.4 Å². The lowest BCUT2D eigenvalue weighted by Crippen LogP contribution is -2.58. The number of pyridine rings is 1. The molecular weight excluding hydrogens is 512 g/mol. The number of ether oxygens (including phenoxy) is 1. The zero-order valence-electron chi connectivity index (χ0n) is 21.3. The highest BCUT2D eigenvalue weighted by Gasteiger charge is 2.39. The molecular formula is C26H27F2N7O4. The zero-order valence-corrected chi connectivity index (χ0v) is 21.3. The Bertz CT molecular complexity index is 1440. The lowest BCUT2D eigenvalue weighted by atomic mass is 10.0. The first-order chi connectivity index (χ1) is 18.8. The van der Waals surface area contributed by atoms with Gasteiger partial charge in [-0.1, -0.05) is 12.1 Å². The molecule has 2 aliphatic heterocycles. The van der Waals surface area contributed by atoms with Crippen LogP contribution in [0, 0.1) is 25.5 Å². The summed E-state index contributed by atoms with van der Waals surface area (Å²) in [5.74, 6) is -1.26. The van der Waals surface area contributed by atoms with Crippen molar-refractivity contribution in [3.05, 3.63) is 70.7 Å². The van der Waals surface area contributed by atoms with Crippen molar-refractivity contribution in [3.8, 4) is 11.6 Å². The lowest BCUT2D eigenvalue weighted by molar-refractivity contribution is 0.0256. The summed E-state index contributed by atoms with van der Waals surface area (Å²) in [5, 5.41) is 21.4. The summed E-state index contributed by atoms with van der Waals surface area (Å²) in [7, 11) is 0. The number of nitrogens with one attached hydrogen (secondary N) is 1. The van der Waals surface area contributed by atoms with Crippen molar-refractivity contribution in [2.45, 2.75) is 32.4 Å². The molecule has 13 heteroatoms. The summed E-state index contributed by atoms with van der Waals surface area (Å²) >= 11 is 0. The van der Waals surface area contributed by atoms with Crippen molar-refractivity contribution in [2.75, 3.05) is 26.2 Å². The van der Waals surface area contributed by atoms with E-state index in [1.807, 2.05) is 0 Å². The van der Waals surface area contributed by atoms with Crippen molar-refractivity contribution < 1.29 is 28.2 Å². The molecule has 5 rings (SSSR count). The number of benzene rings is 1. The molecule has 0 spiro atoms. The van der Waals surface area contributed by atoms with Crippen molar-refractivity contribution in [1.29, 1.82) is 0 Å². The van der Waals surface area contributed by atoms with Gasteiger partial charge in [0.05, 0.1) is 48.9 Å². The van der Waals surface area contributed by atoms with Gasteiger partial charge in [0, 0.05) is 25.2 Å². The fourth-order valence-electron chi connectivity index (χ4n) is 4.65. The van der Waals surface area contributed by atoms with E-state index in [0.717, 1.165) is 6.20 Å². The third-order valence-corrected chi connectivity index (χ3v) is 6.61. The molecule has 1 fully saturated rings. The number of aliphatic hydroxyl groups is 1. The van der Waals surface area contributed by atoms with Crippen LogP contribution < -0.4 is 10.1 Å². The Morgan fingerprint density at radius 1 is 1.21 bits per heavy atom. The summed E-state index contributed by atoms with van der Waals surface area (Å²) in [6.45, 7) is 3.70. The largest absolute Gasteiger partial charge is 0.483 e. The molecule has 0 bridgehead atoms. The SMILES string of the molecule is Cc1nn(-c2cc(OC3CN(C(=O)N4N=CC[C@H]4c4cccc(F)c4)C3)c(F)cn2)c(C)c1C(=O)NCCO. The Balaban J connectivity index is 1.25. The highest BCUT2D eigenvalue weighted by molar-refractivity contribution is 5.96. The second-order valence-corrected chi connectivity index (χ2v) is 9.29. The van der Waals surface area contributed by atoms with Crippen LogP contribution in [-0.2, 0) is 0 Å². The number of hydrogen-bond donors (Lipinski definition) is 2. The second-order valence-electron chi connectivity index (χ2n) is 9.29. The number of carbonyl (C=O) groups excluding carboxylic acids is 2. The number of carbonyl (C=O) groups is 2. The van der Waals surface area contributed by atoms with Crippen LogP contribution in [0.2, 0.25) is 0 Å². The number of aryl methyl sites for hydroxylation is 1. The molecule has 0 unspecified atom stereocenters. The molecule has 204 valence electrons. The minimum Gasteiger partial charge on any atom is -0.483 e. The molecule has 39 heavy (non-hydrogen) atoms. The van der Waals surface area contributed by atoms with E-state index >= 15 is 0 Å². The number of nitrogens with zero attached hydrogens (tertiary/aromatic N) is 6. The standard InChI is InChI=1S/C26H27F2N7O4/c1-15-24(25(37)29-8-9-36)16(2)34(32-15)23-11-22(20(28)12-30-23)39-19-13-33(14-19)26(38)35-21(6-7-31-35)17-4-3-5-18(27)10-17/h3-5,7,10-12,19,21,36H,6,8-9,13-14H2,1-2H3,(H,29,37)/t21-/m0/s1. The van der Waals surface area contributed by atoms with Crippen molar-refractivity contribution in [3.63, 3.8) is 0 Å². The van der Waals surface area contributed by atoms with Crippen molar-refractivity contribution >= 4 is 18.2 Å². The van der Waals surface area contributed by atoms with Crippen LogP contribution >= 0.6 is 0 Å². The molecule has 11 nitrogen and oxygen atoms in total. The predicted molar refractivity (Wildman–Crippen MR) is 136 cm³/mol. The number of hydrazone groups is 1. The van der Waals surface area contributed by atoms with E-state index in [1.54, 1.807) is 32.2 Å². The van der Waals surface area contributed by atoms with Crippen molar-refractivity contribution in [2.24, 2.45) is 5.10 Å². The fraction of sp³-hybridized carbons (Fsp3) is 0.346. The van der Waals surface area contributed by atoms with Crippen LogP contribution in [0.1, 0.15) is 39.8 Å². The molecule has 0 aliphatic carbocycles. The van der Waals surface area contributed by atoms with Crippen LogP contribution in [0.5, 0.6) is 5.75 Å². The van der Waals surface area contributed by atoms with Crippen LogP contribution in [0.3, 0.4) is 0 Å². The summed E-state index contributed by atoms with van der Waals surface area (Å²) < 4.78 is 35.5. The molecule has 2 N–H and O–H groups in total. The van der Waals surface area contributed by atoms with E-state index < -0.39 is 18.0 Å². The zero-order chi connectivity index (χ0) is 27.7. The van der Waals surface area contributed by atoms with Crippen LogP contribution in [0.15, 0.2) is 41.6 Å². The number of halogens is 2. The molecule has 3 aromatic rings. The van der Waals surface area contributed by atoms with E-state index in [4.69, 9.17) is 9.84 Å². The first-order valence-electron chi connectivity index (χ1n) is 12.4. The van der Waals surface area contributed by atoms with Gasteiger partial charge in [0.2, 0.25) is 0 Å². The number of aliphatic hydroxyl groups excluding tert-OH is 1. The molecule has 0 saturated carbocycles. The molecule has 1 atom stereocenters. The summed E-state index contributed by atoms with van der Waals surface area (Å²) in [6, 6.07) is 6.72. The maximum Gasteiger partial charge on any atom is 0.341 e. The third-order valence-electron chi connectivity index (χ3n) is 6.61. The number of aromatic nitrogens is 3. The van der Waals surface area contributed by atoms with Gasteiger partial charge < -0.3 is 20.1 Å². The van der Waals surface area contributed by atoms with Crippen LogP contribution in [0.25, 0.3) is 5.82 Å². The topological polar surface area (TPSA) is 125 Å². The average Bonchev–Trinajstić information content (AvgIpc) is 3.49. The Labute approximate surface area is 222 Å². The number of urea groups is 1. The van der Waals surface area contributed by atoms with Gasteiger partial charge in [0.1, 0.15) is 11.9 Å². The van der Waals surface area contributed by atoms with Gasteiger partial charge in [-0.3, -0.25) is 4.79 Å². The molecule has 2 aromatic heterocycles. The van der Waals surface area contributed by atoms with Gasteiger partial charge in [0.25, 0.3) is 5.91 Å². The number of rotatable bonds is 7. The Morgan fingerprint density at radius 2 is 2.00 bits per heavy atom. The normalized spacial score (nSPS) is 16.9. The van der Waals surface area contributed by atoms with Gasteiger partial charge in [-0.15, -0.1) is 0 Å². The highest BCUT2D eigenvalue weighted by atomic mass is 19.1. The Hall–Kier alpha value is -4.39. The average molecular weight is 540 g/mol. The molecule has 2 aliphatic rings. The van der Waals surface area contributed by atoms with E-state index in [9.17, 15) is 18.4 Å². The van der Waals surface area contributed by atoms with Gasteiger partial charge in [-0.25, -0.2) is 28.3 Å². The van der Waals surface area contributed by atoms with E-state index in [2.05, 4.69) is 20.5 Å². The minimum absolute atomic E-state index is 0.0623. The first kappa shape index (κ1) is 26.2. The van der Waals surface area contributed by atoms with E-state index in [0.29, 0.717) is 28.9 Å².